The van der Waals surface area contributed by atoms with Crippen LogP contribution in [0.4, 0.5) is 39.5 Å². The first-order valence-electron chi connectivity index (χ1n) is 42.6. The van der Waals surface area contributed by atoms with Crippen LogP contribution in [0, 0.1) is 76.5 Å². The number of carbonyl (C=O) groups excluding carboxylic acids is 2. The predicted molar refractivity (Wildman–Crippen MR) is 470 cm³/mol. The van der Waals surface area contributed by atoms with Crippen LogP contribution in [0.2, 0.25) is 0 Å². The number of esters is 2. The minimum Gasteiger partial charge on any atom is -0.857 e. The van der Waals surface area contributed by atoms with Crippen molar-refractivity contribution in [2.75, 3.05) is 87.9 Å². The fraction of sp³-hybridized carbons (Fsp3) is 0.482. The number of hydrogen-bond acceptors (Lipinski definition) is 39. The predicted octanol–water partition coefficient (Wildman–Crippen LogP) is 2.86. The molecule has 3 aromatic carbocycles. The number of carbonyl (C=O) groups is 2. The molecule has 24 unspecified atom stereocenters. The zero-order valence-electron chi connectivity index (χ0n) is 76.2. The number of aromatic nitrogens is 21. The Bertz CT molecular complexity index is 5960. The van der Waals surface area contributed by atoms with Gasteiger partial charge in [0, 0.05) is 106 Å². The molecule has 0 saturated carbocycles. The molecule has 17 rings (SSSR count). The van der Waals surface area contributed by atoms with Gasteiger partial charge in [0.25, 0.3) is 0 Å². The third kappa shape index (κ3) is 26.1. The van der Waals surface area contributed by atoms with Crippen LogP contribution < -0.4 is 34.7 Å². The molecule has 8 aromatic heterocycles. The minimum atomic E-state index is -1.61. The number of terminal acetylenes is 1. The second-order valence-corrected chi connectivity index (χ2v) is 35.8. The van der Waals surface area contributed by atoms with Crippen LogP contribution in [-0.2, 0) is 61.7 Å². The van der Waals surface area contributed by atoms with E-state index in [1.807, 2.05) is 13.8 Å². The molecule has 748 valence electrons. The van der Waals surface area contributed by atoms with Gasteiger partial charge in [0.2, 0.25) is 0 Å². The Morgan fingerprint density at radius 3 is 1.14 bits per heavy atom. The first-order chi connectivity index (χ1) is 67.5. The molecule has 6 saturated heterocycles. The fourth-order valence-electron chi connectivity index (χ4n) is 16.0. The fourth-order valence-corrected chi connectivity index (χ4v) is 20.5. The van der Waals surface area contributed by atoms with Gasteiger partial charge in [-0.1, -0.05) is 45.0 Å². The van der Waals surface area contributed by atoms with Crippen LogP contribution in [0.5, 0.6) is 0 Å². The van der Waals surface area contributed by atoms with Crippen molar-refractivity contribution >= 4 is 47.2 Å². The molecule has 5 N–H and O–H groups in total. The summed E-state index contributed by atoms with van der Waals surface area (Å²) >= 11 is 3.67. The van der Waals surface area contributed by atoms with E-state index in [1.165, 1.54) is 125 Å². The van der Waals surface area contributed by atoms with E-state index in [2.05, 4.69) is 97.4 Å². The molecular weight excluding hydrogens is 1950 g/mol. The van der Waals surface area contributed by atoms with Crippen molar-refractivity contribution in [2.24, 2.45) is 17.0 Å². The van der Waals surface area contributed by atoms with E-state index in [0.29, 0.717) is 28.5 Å². The Kier molecular flexibility index (Phi) is 39.4. The molecule has 14 heterocycles. The van der Waals surface area contributed by atoms with Crippen molar-refractivity contribution in [1.29, 1.82) is 0 Å². The van der Waals surface area contributed by atoms with Crippen LogP contribution in [0.1, 0.15) is 63.6 Å². The van der Waals surface area contributed by atoms with E-state index in [4.69, 9.17) is 69.2 Å². The van der Waals surface area contributed by atoms with Gasteiger partial charge in [0.1, 0.15) is 124 Å². The summed E-state index contributed by atoms with van der Waals surface area (Å²) in [6.07, 6.45) is 17.6. The number of thioether (sulfide) groups is 3. The van der Waals surface area contributed by atoms with Crippen molar-refractivity contribution in [3.05, 3.63) is 192 Å². The second kappa shape index (κ2) is 50.9. The molecule has 0 amide bonds. The maximum Gasteiger partial charge on any atom is 1.00 e. The van der Waals surface area contributed by atoms with Crippen molar-refractivity contribution < 1.29 is 161 Å². The van der Waals surface area contributed by atoms with Gasteiger partial charge >= 0.3 is 41.5 Å². The van der Waals surface area contributed by atoms with E-state index < -0.39 is 200 Å². The van der Waals surface area contributed by atoms with E-state index in [0.717, 1.165) is 43.5 Å². The summed E-state index contributed by atoms with van der Waals surface area (Å²) in [5, 5.41) is 106. The average molecular weight is 2040 g/mol. The van der Waals surface area contributed by atoms with Crippen molar-refractivity contribution in [1.82, 2.24) is 105 Å². The molecular formula is C85H92F9N24NaO19S3. The van der Waals surface area contributed by atoms with Gasteiger partial charge in [0.05, 0.1) is 160 Å². The van der Waals surface area contributed by atoms with Gasteiger partial charge in [-0.05, 0) is 47.8 Å². The van der Waals surface area contributed by atoms with Gasteiger partial charge in [-0.25, -0.2) is 67.9 Å². The van der Waals surface area contributed by atoms with Gasteiger partial charge in [-0.15, -0.1) is 67.2 Å². The molecule has 0 bridgehead atoms. The number of benzene rings is 3. The Hall–Kier alpha value is -10.8. The molecule has 24 atom stereocenters. The molecule has 43 nitrogen and oxygen atoms in total. The van der Waals surface area contributed by atoms with E-state index in [-0.39, 0.29) is 128 Å². The first kappa shape index (κ1) is 109. The molecule has 0 aliphatic carbocycles. The number of azide groups is 1. The standard InChI is InChI=1S/C29H31F3N8O6S.C26H27F3N8O6S.C23H27F3N6O6S.C6H4N2.CH3O.Na/c1-14-23(12-45-15(2)41)46-29(28(43-3)26(14)40-9-20(35-38-40)16-6-17(30)25(32)18(31)7-16)47-24-13-44-11-22(27(24)42)39-10-21(36-37-39)19-8-33-4-5-34-19;1-41-25-22(37-7-16(32-35-37)12-4-13(27)21(29)14(28)5-12)24(40)19(9-38)43-26(25)44-20-11-42-10-18(23(20)39)36-8-17(33-34-36)15-6-30-2-3-31-15;1-10-17(8-37-11(2)33)38-23(39-18-9-36-7-16(21(18)34)28-30-27)22(35-3)20(10)32-6-15(29-31-32)12-4-13(24)19(26)14(25)5-12;1-2-6-5-7-3-4-8-6;1-2;/h4-10,14,22-24,26-29,42H,11-13H2,1-3H3;2-8,18-20,22-26,38-40H,9-11H2,1H3;4-6,10,16-18,20-23,34H,7-9H2,1-3H3;1,3-5H;1H3;/q;;;;-1;+1. The number of rotatable bonds is 25. The van der Waals surface area contributed by atoms with Crippen LogP contribution in [-0.4, -0.2) is 329 Å². The van der Waals surface area contributed by atoms with Crippen LogP contribution in [0.25, 0.3) is 67.0 Å². The quantitative estimate of drug-likeness (QED) is 0.00802. The van der Waals surface area contributed by atoms with Gasteiger partial charge in [-0.2, -0.15) is 7.11 Å². The Morgan fingerprint density at radius 1 is 0.475 bits per heavy atom. The van der Waals surface area contributed by atoms with Gasteiger partial charge in [0.15, 0.2) is 52.4 Å². The molecule has 0 radical (unpaired) electrons. The summed E-state index contributed by atoms with van der Waals surface area (Å²) in [6, 6.07) is 0.766. The molecule has 0 spiro atoms. The van der Waals surface area contributed by atoms with Crippen LogP contribution >= 0.6 is 35.3 Å². The summed E-state index contributed by atoms with van der Waals surface area (Å²) in [4.78, 5) is 50.1. The maximum absolute atomic E-state index is 14.0. The normalized spacial score (nSPS) is 27.4. The van der Waals surface area contributed by atoms with Crippen LogP contribution in [0.15, 0.2) is 128 Å². The van der Waals surface area contributed by atoms with Crippen molar-refractivity contribution in [2.45, 2.75) is 157 Å². The number of methoxy groups -OCH3 is 3. The Labute approximate surface area is 830 Å². The smallest absolute Gasteiger partial charge is 0.857 e. The van der Waals surface area contributed by atoms with Gasteiger partial charge in [-0.3, -0.25) is 34.5 Å². The molecule has 6 fully saturated rings. The second-order valence-electron chi connectivity index (χ2n) is 31.8. The third-order valence-electron chi connectivity index (χ3n) is 23.1. The molecule has 11 aromatic rings. The third-order valence-corrected chi connectivity index (χ3v) is 27.4. The molecule has 141 heavy (non-hydrogen) atoms. The summed E-state index contributed by atoms with van der Waals surface area (Å²) in [6.45, 7) is 6.44. The SMILES string of the molecule is C#Cc1cnccn1.COC1C(SC2COCC(N=[N+]=[N-])C2O)OC(COC(C)=O)C(C)C1n1cc(-c2cc(F)c(F)c(F)c2)nn1.COC1C(SC2COCC(n3cc(-c4cnccn4)nn3)C2O)OC(CO)C(O)C1n1cc(-c2cc(F)c(F)c(F)c2)nn1.COC1C(SC2COCC(n3cc(-c4cnccn4)nn3)C2O)OC(COC(C)=O)C(C)C1n1cc(-c2cc(F)c(F)c(F)c2)nn1.C[O-].[Na+]. The average Bonchev–Trinajstić information content (AvgIpc) is 1.36. The van der Waals surface area contributed by atoms with Crippen molar-refractivity contribution in [3.63, 3.8) is 0 Å². The molecule has 6 aliphatic rings. The number of hydrogen-bond donors (Lipinski definition) is 5. The zero-order valence-corrected chi connectivity index (χ0v) is 80.6. The maximum atomic E-state index is 14.0. The number of halogens is 9. The zero-order chi connectivity index (χ0) is 100. The minimum absolute atomic E-state index is 0. The summed E-state index contributed by atoms with van der Waals surface area (Å²) < 4.78 is 195. The number of aliphatic hydroxyl groups excluding tert-OH is 5. The Balaban J connectivity index is 0.000000180. The first-order valence-corrected chi connectivity index (χ1v) is 45.4. The van der Waals surface area contributed by atoms with E-state index in [1.54, 1.807) is 55.8 Å². The summed E-state index contributed by atoms with van der Waals surface area (Å²) in [5.41, 5.74) is 9.16. The summed E-state index contributed by atoms with van der Waals surface area (Å²) in [5.74, 6) is -12.4. The Morgan fingerprint density at radius 2 is 0.809 bits per heavy atom. The van der Waals surface area contributed by atoms with Crippen LogP contribution in [0.3, 0.4) is 0 Å². The van der Waals surface area contributed by atoms with E-state index in [9.17, 15) is 74.6 Å². The van der Waals surface area contributed by atoms with Crippen molar-refractivity contribution in [3.8, 4) is 68.9 Å². The summed E-state index contributed by atoms with van der Waals surface area (Å²) in [7, 11) is 5.10. The number of nitrogens with zero attached hydrogens (tertiary/aromatic N) is 24. The van der Waals surface area contributed by atoms with E-state index >= 15 is 0 Å². The topological polar surface area (TPSA) is 540 Å². The largest absolute Gasteiger partial charge is 1.00 e. The monoisotopic (exact) mass is 2040 g/mol. The molecule has 56 heteroatoms. The number of ether oxygens (including phenoxy) is 11. The number of aliphatic hydroxyl groups is 5. The molecule has 6 aliphatic heterocycles. The van der Waals surface area contributed by atoms with Gasteiger partial charge < -0.3 is 82.7 Å².